The van der Waals surface area contributed by atoms with Gasteiger partial charge in [-0.1, -0.05) is 57.7 Å². The fourth-order valence-corrected chi connectivity index (χ4v) is 4.01. The van der Waals surface area contributed by atoms with Crippen molar-refractivity contribution in [2.24, 2.45) is 17.1 Å². The van der Waals surface area contributed by atoms with Crippen molar-refractivity contribution in [1.29, 1.82) is 0 Å². The average molecular weight is 296 g/mol. The molecule has 0 aromatic carbocycles. The van der Waals surface area contributed by atoms with E-state index in [1.54, 1.807) is 0 Å². The van der Waals surface area contributed by atoms with Crippen LogP contribution in [0.2, 0.25) is 0 Å². The highest BCUT2D eigenvalue weighted by Gasteiger charge is 2.37. The summed E-state index contributed by atoms with van der Waals surface area (Å²) in [5.74, 6) is 0.609. The quantitative estimate of drug-likeness (QED) is 0.783. The Morgan fingerprint density at radius 3 is 2.25 bits per heavy atom. The van der Waals surface area contributed by atoms with Gasteiger partial charge in [0.05, 0.1) is 11.0 Å². The fourth-order valence-electron chi connectivity index (χ4n) is 3.76. The number of thiocarbonyl (C=S) groups is 1. The largest absolute Gasteiger partial charge is 0.392 e. The molecule has 3 N–H and O–H groups in total. The maximum absolute atomic E-state index is 12.7. The first-order valence-electron chi connectivity index (χ1n) is 8.13. The monoisotopic (exact) mass is 296 g/mol. The maximum atomic E-state index is 12.7. The Morgan fingerprint density at radius 2 is 1.70 bits per heavy atom. The molecule has 1 atom stereocenters. The van der Waals surface area contributed by atoms with E-state index in [4.69, 9.17) is 18.0 Å². The number of hydrogen-bond acceptors (Lipinski definition) is 2. The van der Waals surface area contributed by atoms with E-state index in [9.17, 15) is 4.79 Å². The molecule has 0 bridgehead atoms. The number of hydrogen-bond donors (Lipinski definition) is 2. The molecule has 2 fully saturated rings. The zero-order chi connectivity index (χ0) is 14.6. The highest BCUT2D eigenvalue weighted by molar-refractivity contribution is 7.80. The lowest BCUT2D eigenvalue weighted by Crippen LogP contribution is -2.53. The van der Waals surface area contributed by atoms with Crippen LogP contribution in [0.15, 0.2) is 0 Å². The molecule has 0 aliphatic heterocycles. The van der Waals surface area contributed by atoms with Crippen LogP contribution in [-0.4, -0.2) is 16.9 Å². The van der Waals surface area contributed by atoms with E-state index >= 15 is 0 Å². The van der Waals surface area contributed by atoms with Crippen LogP contribution in [0.4, 0.5) is 0 Å². The minimum atomic E-state index is -0.212. The van der Waals surface area contributed by atoms with Crippen molar-refractivity contribution >= 4 is 23.1 Å². The Morgan fingerprint density at radius 1 is 1.15 bits per heavy atom. The molecule has 1 amide bonds. The van der Waals surface area contributed by atoms with Gasteiger partial charge >= 0.3 is 0 Å². The van der Waals surface area contributed by atoms with Gasteiger partial charge in [-0.25, -0.2) is 0 Å². The summed E-state index contributed by atoms with van der Waals surface area (Å²) in [6, 6.07) is -0.100. The number of rotatable bonds is 4. The van der Waals surface area contributed by atoms with Gasteiger partial charge in [-0.05, 0) is 31.6 Å². The molecule has 2 saturated carbocycles. The Kier molecular flexibility index (Phi) is 5.42. The number of carbonyl (C=O) groups is 1. The summed E-state index contributed by atoms with van der Waals surface area (Å²) in [6.07, 6.45) is 11.6. The predicted molar refractivity (Wildman–Crippen MR) is 86.5 cm³/mol. The van der Waals surface area contributed by atoms with Crippen LogP contribution in [-0.2, 0) is 4.79 Å². The molecule has 3 nitrogen and oxygen atoms in total. The molecule has 2 aliphatic carbocycles. The molecule has 20 heavy (non-hydrogen) atoms. The molecule has 2 rings (SSSR count). The fraction of sp³-hybridized carbons (Fsp3) is 0.875. The van der Waals surface area contributed by atoms with E-state index in [1.165, 1.54) is 25.7 Å². The van der Waals surface area contributed by atoms with Crippen molar-refractivity contribution in [1.82, 2.24) is 5.32 Å². The SMILES string of the molecule is CC1(C(=O)NC(C(N)=S)C2CCCCC2)CCCCC1. The van der Waals surface area contributed by atoms with Crippen molar-refractivity contribution in [3.05, 3.63) is 0 Å². The highest BCUT2D eigenvalue weighted by Crippen LogP contribution is 2.36. The number of amides is 1. The molecule has 114 valence electrons. The molecule has 0 saturated heterocycles. The highest BCUT2D eigenvalue weighted by atomic mass is 32.1. The van der Waals surface area contributed by atoms with Gasteiger partial charge in [0.2, 0.25) is 5.91 Å². The first-order chi connectivity index (χ1) is 9.53. The maximum Gasteiger partial charge on any atom is 0.226 e. The van der Waals surface area contributed by atoms with Crippen LogP contribution >= 0.6 is 12.2 Å². The third-order valence-corrected chi connectivity index (χ3v) is 5.47. The lowest BCUT2D eigenvalue weighted by atomic mass is 9.74. The normalized spacial score (nSPS) is 24.9. The number of nitrogens with two attached hydrogens (primary N) is 1. The van der Waals surface area contributed by atoms with Gasteiger partial charge < -0.3 is 11.1 Å². The molecule has 1 unspecified atom stereocenters. The Bertz CT molecular complexity index is 357. The zero-order valence-electron chi connectivity index (χ0n) is 12.6. The molecule has 0 aromatic rings. The third-order valence-electron chi connectivity index (χ3n) is 5.22. The zero-order valence-corrected chi connectivity index (χ0v) is 13.4. The van der Waals surface area contributed by atoms with E-state index in [2.05, 4.69) is 12.2 Å². The summed E-state index contributed by atoms with van der Waals surface area (Å²) in [5.41, 5.74) is 5.69. The van der Waals surface area contributed by atoms with Crippen molar-refractivity contribution in [2.75, 3.05) is 0 Å². The first kappa shape index (κ1) is 15.7. The molecule has 4 heteroatoms. The summed E-state index contributed by atoms with van der Waals surface area (Å²) < 4.78 is 0. The van der Waals surface area contributed by atoms with Crippen LogP contribution in [0.1, 0.15) is 71.1 Å². The average Bonchev–Trinajstić information content (AvgIpc) is 2.45. The van der Waals surface area contributed by atoms with Gasteiger partial charge in [-0.15, -0.1) is 0 Å². The van der Waals surface area contributed by atoms with Crippen LogP contribution < -0.4 is 11.1 Å². The topological polar surface area (TPSA) is 55.1 Å². The Hall–Kier alpha value is -0.640. The third kappa shape index (κ3) is 3.72. The molecule has 0 radical (unpaired) electrons. The minimum Gasteiger partial charge on any atom is -0.392 e. The van der Waals surface area contributed by atoms with Crippen molar-refractivity contribution in [3.63, 3.8) is 0 Å². The second-order valence-corrected chi connectivity index (χ2v) is 7.34. The lowest BCUT2D eigenvalue weighted by molar-refractivity contribution is -0.132. The Balaban J connectivity index is 1.99. The van der Waals surface area contributed by atoms with E-state index in [1.807, 2.05) is 0 Å². The Labute approximate surface area is 128 Å². The van der Waals surface area contributed by atoms with E-state index in [0.29, 0.717) is 10.9 Å². The van der Waals surface area contributed by atoms with Crippen LogP contribution in [0.5, 0.6) is 0 Å². The number of carbonyl (C=O) groups excluding carboxylic acids is 1. The van der Waals surface area contributed by atoms with Gasteiger partial charge in [-0.2, -0.15) is 0 Å². The van der Waals surface area contributed by atoms with Gasteiger partial charge in [-0.3, -0.25) is 4.79 Å². The van der Waals surface area contributed by atoms with Gasteiger partial charge in [0.1, 0.15) is 0 Å². The molecular weight excluding hydrogens is 268 g/mol. The van der Waals surface area contributed by atoms with E-state index in [0.717, 1.165) is 38.5 Å². The molecule has 0 spiro atoms. The van der Waals surface area contributed by atoms with Crippen molar-refractivity contribution in [2.45, 2.75) is 77.2 Å². The predicted octanol–water partition coefficient (Wildman–Crippen LogP) is 3.31. The van der Waals surface area contributed by atoms with Gasteiger partial charge in [0.25, 0.3) is 0 Å². The smallest absolute Gasteiger partial charge is 0.226 e. The molecule has 0 heterocycles. The minimum absolute atomic E-state index is 0.100. The van der Waals surface area contributed by atoms with Crippen LogP contribution in [0.25, 0.3) is 0 Å². The van der Waals surface area contributed by atoms with Gasteiger partial charge in [0, 0.05) is 5.41 Å². The molecular formula is C16H28N2OS. The summed E-state index contributed by atoms with van der Waals surface area (Å²) in [5, 5.41) is 3.19. The lowest BCUT2D eigenvalue weighted by Gasteiger charge is -2.36. The second kappa shape index (κ2) is 6.88. The summed E-state index contributed by atoms with van der Waals surface area (Å²) in [4.78, 5) is 13.1. The van der Waals surface area contributed by atoms with Crippen molar-refractivity contribution < 1.29 is 4.79 Å². The summed E-state index contributed by atoms with van der Waals surface area (Å²) in [6.45, 7) is 2.10. The van der Waals surface area contributed by atoms with E-state index in [-0.39, 0.29) is 17.4 Å². The molecule has 2 aliphatic rings. The summed E-state index contributed by atoms with van der Waals surface area (Å²) in [7, 11) is 0. The van der Waals surface area contributed by atoms with E-state index < -0.39 is 0 Å². The van der Waals surface area contributed by atoms with Gasteiger partial charge in [0.15, 0.2) is 0 Å². The van der Waals surface area contributed by atoms with Crippen molar-refractivity contribution in [3.8, 4) is 0 Å². The van der Waals surface area contributed by atoms with Crippen LogP contribution in [0, 0.1) is 11.3 Å². The summed E-state index contributed by atoms with van der Waals surface area (Å²) >= 11 is 5.22. The standard InChI is InChI=1S/C16H28N2OS/c1-16(10-6-3-7-11-16)15(19)18-13(14(17)20)12-8-4-2-5-9-12/h12-13H,2-11H2,1H3,(H2,17,20)(H,18,19). The van der Waals surface area contributed by atoms with Crippen LogP contribution in [0.3, 0.4) is 0 Å². The molecule has 0 aromatic heterocycles. The second-order valence-electron chi connectivity index (χ2n) is 6.87. The number of nitrogens with one attached hydrogen (secondary N) is 1. The first-order valence-corrected chi connectivity index (χ1v) is 8.54.